The molecule has 0 radical (unpaired) electrons. The van der Waals surface area contributed by atoms with Crippen molar-refractivity contribution in [1.82, 2.24) is 0 Å². The van der Waals surface area contributed by atoms with E-state index in [1.54, 1.807) is 6.07 Å². The Hall–Kier alpha value is -1.81. The highest BCUT2D eigenvalue weighted by atomic mass is 19.4. The van der Waals surface area contributed by atoms with Gasteiger partial charge in [-0.1, -0.05) is 18.2 Å². The van der Waals surface area contributed by atoms with Crippen LogP contribution in [0.25, 0.3) is 0 Å². The molecule has 0 heterocycles. The molecule has 1 rings (SSSR count). The summed E-state index contributed by atoms with van der Waals surface area (Å²) in [5.41, 5.74) is 0. The van der Waals surface area contributed by atoms with E-state index in [0.29, 0.717) is 0 Å². The molecule has 0 atom stereocenters. The van der Waals surface area contributed by atoms with Crippen LogP contribution in [0.3, 0.4) is 0 Å². The number of hydrogen-bond acceptors (Lipinski definition) is 3. The maximum atomic E-state index is 11.5. The lowest BCUT2D eigenvalue weighted by atomic mass is 10.3. The fraction of sp³-hybridized carbons (Fsp3) is 0.125. The molecule has 1 aromatic carbocycles. The van der Waals surface area contributed by atoms with Gasteiger partial charge in [-0.25, -0.2) is 10.2 Å². The molecular weight excluding hydrogens is 199 g/mol. The largest absolute Gasteiger partial charge is 0.573 e. The van der Waals surface area contributed by atoms with Gasteiger partial charge in [0.1, 0.15) is 5.75 Å². The van der Waals surface area contributed by atoms with E-state index < -0.39 is 6.36 Å². The average Bonchev–Trinajstić information content (AvgIpc) is 2.04. The molecular formula is C8H6F3NO2. The lowest BCUT2D eigenvalue weighted by Gasteiger charge is -2.07. The fourth-order valence-electron chi connectivity index (χ4n) is 0.622. The molecule has 0 fully saturated rings. The summed E-state index contributed by atoms with van der Waals surface area (Å²) in [5.74, 6) is -0.194. The van der Waals surface area contributed by atoms with Crippen molar-refractivity contribution in [3.05, 3.63) is 30.3 Å². The standard InChI is InChI=1S/C7H5F3O.CHNO/c8-7(9,10)11-6-4-2-1-3-5-6;2-1-3/h1-5H;2H. The number of carbonyl (C=O) groups excluding carboxylic acids is 1. The van der Waals surface area contributed by atoms with Crippen molar-refractivity contribution in [3.8, 4) is 5.75 Å². The van der Waals surface area contributed by atoms with E-state index in [1.807, 2.05) is 0 Å². The van der Waals surface area contributed by atoms with Crippen LogP contribution in [0.15, 0.2) is 30.3 Å². The zero-order valence-electron chi connectivity index (χ0n) is 6.84. The Labute approximate surface area is 77.6 Å². The number of rotatable bonds is 1. The molecule has 0 aliphatic rings. The Morgan fingerprint density at radius 3 is 2.00 bits per heavy atom. The van der Waals surface area contributed by atoms with Crippen molar-refractivity contribution in [3.63, 3.8) is 0 Å². The topological polar surface area (TPSA) is 50.1 Å². The van der Waals surface area contributed by atoms with E-state index >= 15 is 0 Å². The van der Waals surface area contributed by atoms with Gasteiger partial charge in [0.25, 0.3) is 0 Å². The number of nitrogens with one attached hydrogen (secondary N) is 1. The molecule has 6 heteroatoms. The van der Waals surface area contributed by atoms with E-state index in [4.69, 9.17) is 10.2 Å². The van der Waals surface area contributed by atoms with Gasteiger partial charge in [0.05, 0.1) is 0 Å². The normalized spacial score (nSPS) is 9.36. The Morgan fingerprint density at radius 2 is 1.64 bits per heavy atom. The Balaban J connectivity index is 0.000000500. The molecule has 0 aliphatic heterocycles. The van der Waals surface area contributed by atoms with Gasteiger partial charge in [-0.2, -0.15) is 0 Å². The van der Waals surface area contributed by atoms with Gasteiger partial charge in [0.2, 0.25) is 6.08 Å². The SMILES string of the molecule is FC(F)(F)Oc1ccccc1.N=C=O. The van der Waals surface area contributed by atoms with Crippen LogP contribution in [0.2, 0.25) is 0 Å². The summed E-state index contributed by atoms with van der Waals surface area (Å²) in [6, 6.07) is 7.05. The van der Waals surface area contributed by atoms with E-state index in [0.717, 1.165) is 6.08 Å². The van der Waals surface area contributed by atoms with Crippen LogP contribution in [0, 0.1) is 5.41 Å². The molecule has 0 amide bonds. The van der Waals surface area contributed by atoms with Crippen molar-refractivity contribution in [2.24, 2.45) is 0 Å². The van der Waals surface area contributed by atoms with Crippen LogP contribution < -0.4 is 4.74 Å². The monoisotopic (exact) mass is 205 g/mol. The highest BCUT2D eigenvalue weighted by Crippen LogP contribution is 2.21. The second-order valence-electron chi connectivity index (χ2n) is 1.96. The highest BCUT2D eigenvalue weighted by Gasteiger charge is 2.30. The van der Waals surface area contributed by atoms with E-state index in [-0.39, 0.29) is 5.75 Å². The summed E-state index contributed by atoms with van der Waals surface area (Å²) in [4.78, 5) is 8.35. The summed E-state index contributed by atoms with van der Waals surface area (Å²) in [5, 5.41) is 5.40. The molecule has 0 spiro atoms. The van der Waals surface area contributed by atoms with E-state index in [1.165, 1.54) is 24.3 Å². The minimum Gasteiger partial charge on any atom is -0.406 e. The highest BCUT2D eigenvalue weighted by molar-refractivity contribution is 5.26. The van der Waals surface area contributed by atoms with Gasteiger partial charge in [-0.15, -0.1) is 13.2 Å². The number of para-hydroxylation sites is 1. The number of ether oxygens (including phenoxy) is 1. The predicted molar refractivity (Wildman–Crippen MR) is 41.5 cm³/mol. The maximum absolute atomic E-state index is 11.5. The molecule has 76 valence electrons. The maximum Gasteiger partial charge on any atom is 0.573 e. The lowest BCUT2D eigenvalue weighted by molar-refractivity contribution is -0.274. The molecule has 0 bridgehead atoms. The summed E-state index contributed by atoms with van der Waals surface area (Å²) >= 11 is 0. The Morgan fingerprint density at radius 1 is 1.21 bits per heavy atom. The summed E-state index contributed by atoms with van der Waals surface area (Å²) < 4.78 is 38.2. The number of halogens is 3. The molecule has 3 nitrogen and oxygen atoms in total. The van der Waals surface area contributed by atoms with Crippen molar-refractivity contribution >= 4 is 6.08 Å². The van der Waals surface area contributed by atoms with Crippen LogP contribution in [0.5, 0.6) is 5.75 Å². The number of benzene rings is 1. The number of isocyanates is 1. The minimum absolute atomic E-state index is 0.194. The van der Waals surface area contributed by atoms with Crippen molar-refractivity contribution in [2.45, 2.75) is 6.36 Å². The predicted octanol–water partition coefficient (Wildman–Crippen LogP) is 2.49. The van der Waals surface area contributed by atoms with E-state index in [9.17, 15) is 13.2 Å². The first-order chi connectivity index (χ1) is 6.49. The third-order valence-corrected chi connectivity index (χ3v) is 0.977. The molecule has 0 aliphatic carbocycles. The molecule has 1 aromatic rings. The van der Waals surface area contributed by atoms with E-state index in [2.05, 4.69) is 4.74 Å². The Kier molecular flexibility index (Phi) is 5.02. The van der Waals surface area contributed by atoms with Gasteiger partial charge in [-0.3, -0.25) is 0 Å². The first kappa shape index (κ1) is 12.2. The first-order valence-electron chi connectivity index (χ1n) is 3.34. The molecule has 14 heavy (non-hydrogen) atoms. The van der Waals surface area contributed by atoms with Crippen molar-refractivity contribution < 1.29 is 22.7 Å². The average molecular weight is 205 g/mol. The molecule has 0 aromatic heterocycles. The second kappa shape index (κ2) is 5.77. The first-order valence-corrected chi connectivity index (χ1v) is 3.34. The van der Waals surface area contributed by atoms with Crippen molar-refractivity contribution in [1.29, 1.82) is 5.41 Å². The van der Waals surface area contributed by atoms with Crippen LogP contribution in [0.4, 0.5) is 13.2 Å². The van der Waals surface area contributed by atoms with Gasteiger partial charge < -0.3 is 4.74 Å². The quantitative estimate of drug-likeness (QED) is 0.565. The van der Waals surface area contributed by atoms with Crippen LogP contribution in [-0.2, 0) is 4.79 Å². The van der Waals surface area contributed by atoms with Crippen LogP contribution in [-0.4, -0.2) is 12.4 Å². The van der Waals surface area contributed by atoms with Gasteiger partial charge in [0, 0.05) is 0 Å². The zero-order chi connectivity index (χ0) is 11.0. The molecule has 0 saturated carbocycles. The molecule has 0 unspecified atom stereocenters. The Bertz CT molecular complexity index is 291. The molecule has 1 N–H and O–H groups in total. The lowest BCUT2D eigenvalue weighted by Crippen LogP contribution is -2.16. The minimum atomic E-state index is -4.60. The third kappa shape index (κ3) is 6.87. The smallest absolute Gasteiger partial charge is 0.406 e. The second-order valence-corrected chi connectivity index (χ2v) is 1.96. The van der Waals surface area contributed by atoms with Crippen molar-refractivity contribution in [2.75, 3.05) is 0 Å². The van der Waals surface area contributed by atoms with Crippen LogP contribution >= 0.6 is 0 Å². The molecule has 0 saturated heterocycles. The summed E-state index contributed by atoms with van der Waals surface area (Å²) in [7, 11) is 0. The van der Waals surface area contributed by atoms with Gasteiger partial charge in [-0.05, 0) is 12.1 Å². The fourth-order valence-corrected chi connectivity index (χ4v) is 0.622. The summed E-state index contributed by atoms with van der Waals surface area (Å²) in [6.45, 7) is 0. The van der Waals surface area contributed by atoms with Crippen LogP contribution in [0.1, 0.15) is 0 Å². The zero-order valence-corrected chi connectivity index (χ0v) is 6.84. The number of alkyl halides is 3. The third-order valence-electron chi connectivity index (χ3n) is 0.977. The van der Waals surface area contributed by atoms with Gasteiger partial charge >= 0.3 is 6.36 Å². The number of hydrogen-bond donors (Lipinski definition) is 1. The van der Waals surface area contributed by atoms with Gasteiger partial charge in [0.15, 0.2) is 0 Å². The summed E-state index contributed by atoms with van der Waals surface area (Å²) in [6.07, 6.45) is -3.85.